The van der Waals surface area contributed by atoms with Gasteiger partial charge in [-0.25, -0.2) is 0 Å². The lowest BCUT2D eigenvalue weighted by molar-refractivity contribution is 0.238. The van der Waals surface area contributed by atoms with Gasteiger partial charge in [0, 0.05) is 10.6 Å². The fraction of sp³-hybridized carbons (Fsp3) is 0.0769. The van der Waals surface area contributed by atoms with Crippen molar-refractivity contribution in [1.29, 1.82) is 0 Å². The van der Waals surface area contributed by atoms with Gasteiger partial charge in [-0.2, -0.15) is 0 Å². The Labute approximate surface area is 103 Å². The number of aliphatic hydroxyl groups excluding tert-OH is 1. The first-order valence-corrected chi connectivity index (χ1v) is 6.00. The molecule has 0 aliphatic rings. The predicted octanol–water partition coefficient (Wildman–Crippen LogP) is 3.49. The van der Waals surface area contributed by atoms with Crippen LogP contribution in [0.2, 0.25) is 5.02 Å². The van der Waals surface area contributed by atoms with Crippen LogP contribution in [0, 0.1) is 11.8 Å². The van der Waals surface area contributed by atoms with Crippen molar-refractivity contribution < 1.29 is 5.11 Å². The maximum absolute atomic E-state index is 9.85. The highest BCUT2D eigenvalue weighted by atomic mass is 35.5. The van der Waals surface area contributed by atoms with Crippen LogP contribution in [0.4, 0.5) is 0 Å². The summed E-state index contributed by atoms with van der Waals surface area (Å²) in [6, 6.07) is 11.0. The zero-order valence-corrected chi connectivity index (χ0v) is 9.92. The Balaban J connectivity index is 2.21. The molecule has 0 radical (unpaired) electrons. The van der Waals surface area contributed by atoms with Gasteiger partial charge in [0.1, 0.15) is 6.10 Å². The molecule has 16 heavy (non-hydrogen) atoms. The van der Waals surface area contributed by atoms with E-state index < -0.39 is 6.10 Å². The Bertz CT molecular complexity index is 522. The van der Waals surface area contributed by atoms with Gasteiger partial charge in [0.2, 0.25) is 0 Å². The Morgan fingerprint density at radius 3 is 2.69 bits per heavy atom. The van der Waals surface area contributed by atoms with Crippen LogP contribution < -0.4 is 0 Å². The molecule has 0 fully saturated rings. The summed E-state index contributed by atoms with van der Waals surface area (Å²) in [7, 11) is 0. The minimum absolute atomic E-state index is 0.537. The van der Waals surface area contributed by atoms with Crippen molar-refractivity contribution in [1.82, 2.24) is 0 Å². The molecule has 2 rings (SSSR count). The summed E-state index contributed by atoms with van der Waals surface area (Å²) in [4.78, 5) is 0.936. The molecular weight excluding hydrogens is 240 g/mol. The van der Waals surface area contributed by atoms with Gasteiger partial charge in [0.25, 0.3) is 0 Å². The Morgan fingerprint density at radius 2 is 2.00 bits per heavy atom. The van der Waals surface area contributed by atoms with E-state index in [9.17, 15) is 5.11 Å². The Hall–Kier alpha value is -1.27. The van der Waals surface area contributed by atoms with Crippen LogP contribution in [-0.2, 0) is 0 Å². The summed E-state index contributed by atoms with van der Waals surface area (Å²) >= 11 is 7.50. The summed E-state index contributed by atoms with van der Waals surface area (Å²) in [5.41, 5.74) is 0.647. The Kier molecular flexibility index (Phi) is 3.63. The normalized spacial score (nSPS) is 11.6. The first-order valence-electron chi connectivity index (χ1n) is 4.75. The van der Waals surface area contributed by atoms with Crippen molar-refractivity contribution in [2.24, 2.45) is 0 Å². The molecule has 0 saturated carbocycles. The molecular formula is C13H9ClOS. The topological polar surface area (TPSA) is 20.2 Å². The molecule has 0 spiro atoms. The highest BCUT2D eigenvalue weighted by molar-refractivity contribution is 7.10. The molecule has 1 atom stereocenters. The molecule has 0 bridgehead atoms. The lowest BCUT2D eigenvalue weighted by Gasteiger charge is -2.04. The minimum atomic E-state index is -0.837. The number of aliphatic hydroxyl groups is 1. The van der Waals surface area contributed by atoms with Crippen molar-refractivity contribution >= 4 is 22.9 Å². The van der Waals surface area contributed by atoms with E-state index in [4.69, 9.17) is 11.6 Å². The van der Waals surface area contributed by atoms with Crippen LogP contribution in [0.25, 0.3) is 0 Å². The van der Waals surface area contributed by atoms with E-state index in [2.05, 4.69) is 11.8 Å². The van der Waals surface area contributed by atoms with Crippen LogP contribution in [0.5, 0.6) is 0 Å². The second-order valence-electron chi connectivity index (χ2n) is 3.17. The molecule has 1 aromatic carbocycles. The molecule has 80 valence electrons. The van der Waals surface area contributed by atoms with Gasteiger partial charge in [0.05, 0.1) is 4.88 Å². The van der Waals surface area contributed by atoms with E-state index >= 15 is 0 Å². The molecule has 1 unspecified atom stereocenters. The summed E-state index contributed by atoms with van der Waals surface area (Å²) in [6.07, 6.45) is -0.837. The molecule has 0 aliphatic heterocycles. The zero-order valence-electron chi connectivity index (χ0n) is 8.35. The van der Waals surface area contributed by atoms with E-state index in [1.54, 1.807) is 23.5 Å². The van der Waals surface area contributed by atoms with Crippen LogP contribution in [0.15, 0.2) is 41.8 Å². The molecule has 1 nitrogen and oxygen atoms in total. The maximum Gasteiger partial charge on any atom is 0.142 e. The monoisotopic (exact) mass is 248 g/mol. The van der Waals surface area contributed by atoms with Gasteiger partial charge in [-0.3, -0.25) is 0 Å². The van der Waals surface area contributed by atoms with Crippen LogP contribution in [0.1, 0.15) is 16.5 Å². The number of halogens is 1. The first-order chi connectivity index (χ1) is 7.77. The first kappa shape index (κ1) is 11.2. The molecule has 1 N–H and O–H groups in total. The lowest BCUT2D eigenvalue weighted by atomic mass is 10.1. The van der Waals surface area contributed by atoms with Gasteiger partial charge in [-0.05, 0) is 17.5 Å². The van der Waals surface area contributed by atoms with Gasteiger partial charge >= 0.3 is 0 Å². The number of benzene rings is 1. The van der Waals surface area contributed by atoms with Crippen molar-refractivity contribution in [2.45, 2.75) is 6.10 Å². The van der Waals surface area contributed by atoms with E-state index in [0.717, 1.165) is 4.88 Å². The molecule has 1 aromatic heterocycles. The lowest BCUT2D eigenvalue weighted by Crippen LogP contribution is -1.94. The van der Waals surface area contributed by atoms with Crippen molar-refractivity contribution in [3.63, 3.8) is 0 Å². The van der Waals surface area contributed by atoms with E-state index in [-0.39, 0.29) is 0 Å². The highest BCUT2D eigenvalue weighted by Crippen LogP contribution is 2.22. The third kappa shape index (κ3) is 2.65. The number of rotatable bonds is 1. The molecule has 0 amide bonds. The zero-order chi connectivity index (χ0) is 11.4. The third-order valence-corrected chi connectivity index (χ3v) is 3.18. The third-order valence-electron chi connectivity index (χ3n) is 2.05. The fourth-order valence-electron chi connectivity index (χ4n) is 1.26. The second kappa shape index (κ2) is 5.18. The Morgan fingerprint density at radius 1 is 1.19 bits per heavy atom. The number of hydrogen-bond acceptors (Lipinski definition) is 2. The molecule has 2 aromatic rings. The summed E-state index contributed by atoms with van der Waals surface area (Å²) in [5, 5.41) is 12.3. The van der Waals surface area contributed by atoms with Crippen LogP contribution in [-0.4, -0.2) is 5.11 Å². The number of thiophene rings is 1. The average molecular weight is 249 g/mol. The summed E-state index contributed by atoms with van der Waals surface area (Å²) in [6.45, 7) is 0. The summed E-state index contributed by atoms with van der Waals surface area (Å²) in [5.74, 6) is 5.68. The van der Waals surface area contributed by atoms with E-state index in [1.807, 2.05) is 29.6 Å². The standard InChI is InChI=1S/C13H9ClOS/c14-12-6-2-1-5-11(12)13(15)8-7-10-4-3-9-16-10/h1-6,9,13,15H. The molecule has 3 heteroatoms. The predicted molar refractivity (Wildman–Crippen MR) is 67.6 cm³/mol. The highest BCUT2D eigenvalue weighted by Gasteiger charge is 2.06. The summed E-state index contributed by atoms with van der Waals surface area (Å²) < 4.78 is 0. The molecule has 0 aliphatic carbocycles. The van der Waals surface area contributed by atoms with Crippen molar-refractivity contribution in [2.75, 3.05) is 0 Å². The van der Waals surface area contributed by atoms with Gasteiger partial charge in [-0.1, -0.05) is 47.7 Å². The number of hydrogen-bond donors (Lipinski definition) is 1. The average Bonchev–Trinajstić information content (AvgIpc) is 2.79. The SMILES string of the molecule is OC(C#Cc1cccs1)c1ccccc1Cl. The smallest absolute Gasteiger partial charge is 0.142 e. The second-order valence-corrected chi connectivity index (χ2v) is 4.53. The maximum atomic E-state index is 9.85. The van der Waals surface area contributed by atoms with E-state index in [0.29, 0.717) is 10.6 Å². The van der Waals surface area contributed by atoms with Crippen LogP contribution >= 0.6 is 22.9 Å². The fourth-order valence-corrected chi connectivity index (χ4v) is 2.08. The quantitative estimate of drug-likeness (QED) is 0.766. The largest absolute Gasteiger partial charge is 0.376 e. The molecule has 1 heterocycles. The van der Waals surface area contributed by atoms with Gasteiger partial charge in [0.15, 0.2) is 0 Å². The minimum Gasteiger partial charge on any atom is -0.376 e. The van der Waals surface area contributed by atoms with E-state index in [1.165, 1.54) is 0 Å². The van der Waals surface area contributed by atoms with Gasteiger partial charge < -0.3 is 5.11 Å². The van der Waals surface area contributed by atoms with Crippen LogP contribution in [0.3, 0.4) is 0 Å². The van der Waals surface area contributed by atoms with Crippen molar-refractivity contribution in [3.8, 4) is 11.8 Å². The van der Waals surface area contributed by atoms with Crippen molar-refractivity contribution in [3.05, 3.63) is 57.2 Å². The van der Waals surface area contributed by atoms with Gasteiger partial charge in [-0.15, -0.1) is 11.3 Å². The molecule has 0 saturated heterocycles.